The molecule has 0 saturated carbocycles. The fourth-order valence-corrected chi connectivity index (χ4v) is 3.04. The zero-order valence-corrected chi connectivity index (χ0v) is 17.3. The Morgan fingerprint density at radius 1 is 1.23 bits per heavy atom. The van der Waals surface area contributed by atoms with Gasteiger partial charge in [-0.15, -0.1) is 4.80 Å². The fourth-order valence-electron chi connectivity index (χ4n) is 3.04. The molecule has 0 radical (unpaired) electrons. The van der Waals surface area contributed by atoms with Crippen molar-refractivity contribution in [1.29, 1.82) is 0 Å². The molecule has 0 aliphatic heterocycles. The van der Waals surface area contributed by atoms with Gasteiger partial charge in [-0.25, -0.2) is 14.4 Å². The molecular weight excluding hydrogens is 411 g/mol. The van der Waals surface area contributed by atoms with Gasteiger partial charge in [0.1, 0.15) is 17.2 Å². The first kappa shape index (κ1) is 22.2. The third kappa shape index (κ3) is 4.98. The monoisotopic (exact) mass is 433 g/mol. The second kappa shape index (κ2) is 9.11. The van der Waals surface area contributed by atoms with Crippen molar-refractivity contribution in [3.05, 3.63) is 60.1 Å². The summed E-state index contributed by atoms with van der Waals surface area (Å²) in [5.74, 6) is -3.78. The van der Waals surface area contributed by atoms with Crippen LogP contribution in [0.15, 0.2) is 43.0 Å². The smallest absolute Gasteiger partial charge is 0.288 e. The largest absolute Gasteiger partial charge is 0.367 e. The van der Waals surface area contributed by atoms with Gasteiger partial charge in [0.2, 0.25) is 0 Å². The lowest BCUT2D eigenvalue weighted by Crippen LogP contribution is -2.42. The van der Waals surface area contributed by atoms with Gasteiger partial charge in [0.15, 0.2) is 5.82 Å². The van der Waals surface area contributed by atoms with Crippen LogP contribution in [0.5, 0.6) is 0 Å². The van der Waals surface area contributed by atoms with E-state index in [1.807, 2.05) is 6.92 Å². The van der Waals surface area contributed by atoms with Crippen LogP contribution in [-0.2, 0) is 5.92 Å². The van der Waals surface area contributed by atoms with Crippen molar-refractivity contribution in [2.24, 2.45) is 0 Å². The Kier molecular flexibility index (Phi) is 6.52. The molecule has 1 aromatic carbocycles. The van der Waals surface area contributed by atoms with Crippen LogP contribution in [0.25, 0.3) is 5.69 Å². The van der Waals surface area contributed by atoms with E-state index in [4.69, 9.17) is 0 Å². The highest BCUT2D eigenvalue weighted by Crippen LogP contribution is 2.24. The van der Waals surface area contributed by atoms with Gasteiger partial charge >= 0.3 is 0 Å². The first-order chi connectivity index (χ1) is 14.7. The number of aromatic nitrogens is 5. The van der Waals surface area contributed by atoms with Crippen molar-refractivity contribution in [2.45, 2.75) is 32.7 Å². The number of halogens is 3. The van der Waals surface area contributed by atoms with E-state index in [0.29, 0.717) is 12.4 Å². The van der Waals surface area contributed by atoms with Gasteiger partial charge in [-0.3, -0.25) is 4.79 Å². The maximum atomic E-state index is 14.5. The SMILES string of the molecule is CCN(C(=O)c1cccc(F)c1-n1nccn1)[C@@H](C)CNc1cnc(C(C)(F)F)cn1. The Balaban J connectivity index is 1.75. The van der Waals surface area contributed by atoms with Crippen LogP contribution in [0, 0.1) is 5.82 Å². The summed E-state index contributed by atoms with van der Waals surface area (Å²) in [6.07, 6.45) is 5.01. The quantitative estimate of drug-likeness (QED) is 0.587. The number of para-hydroxylation sites is 1. The Morgan fingerprint density at radius 3 is 2.52 bits per heavy atom. The Bertz CT molecular complexity index is 1020. The number of amides is 1. The average Bonchev–Trinajstić information content (AvgIpc) is 3.26. The zero-order valence-electron chi connectivity index (χ0n) is 17.3. The fraction of sp³-hybridized carbons (Fsp3) is 0.350. The summed E-state index contributed by atoms with van der Waals surface area (Å²) in [7, 11) is 0. The lowest BCUT2D eigenvalue weighted by atomic mass is 10.1. The van der Waals surface area contributed by atoms with Crippen molar-refractivity contribution in [2.75, 3.05) is 18.4 Å². The van der Waals surface area contributed by atoms with Crippen LogP contribution < -0.4 is 5.32 Å². The van der Waals surface area contributed by atoms with Gasteiger partial charge < -0.3 is 10.2 Å². The molecule has 0 saturated heterocycles. The van der Waals surface area contributed by atoms with Crippen molar-refractivity contribution in [3.8, 4) is 5.69 Å². The van der Waals surface area contributed by atoms with Crippen molar-refractivity contribution in [1.82, 2.24) is 29.9 Å². The Labute approximate surface area is 177 Å². The number of hydrogen-bond acceptors (Lipinski definition) is 6. The van der Waals surface area contributed by atoms with E-state index in [9.17, 15) is 18.0 Å². The number of nitrogens with one attached hydrogen (secondary N) is 1. The molecule has 2 heterocycles. The normalized spacial score (nSPS) is 12.5. The highest BCUT2D eigenvalue weighted by atomic mass is 19.3. The van der Waals surface area contributed by atoms with Gasteiger partial charge in [0.25, 0.3) is 11.8 Å². The van der Waals surface area contributed by atoms with E-state index in [1.54, 1.807) is 11.8 Å². The number of carbonyl (C=O) groups is 1. The summed E-state index contributed by atoms with van der Waals surface area (Å²) in [6.45, 7) is 4.99. The second-order valence-electron chi connectivity index (χ2n) is 6.95. The summed E-state index contributed by atoms with van der Waals surface area (Å²) >= 11 is 0. The third-order valence-electron chi connectivity index (χ3n) is 4.65. The van der Waals surface area contributed by atoms with Gasteiger partial charge in [0, 0.05) is 26.1 Å². The van der Waals surface area contributed by atoms with E-state index >= 15 is 0 Å². The lowest BCUT2D eigenvalue weighted by molar-refractivity contribution is 0.0124. The van der Waals surface area contributed by atoms with Crippen molar-refractivity contribution in [3.63, 3.8) is 0 Å². The van der Waals surface area contributed by atoms with Crippen LogP contribution in [0.2, 0.25) is 0 Å². The van der Waals surface area contributed by atoms with E-state index in [-0.39, 0.29) is 23.8 Å². The predicted molar refractivity (Wildman–Crippen MR) is 108 cm³/mol. The first-order valence-electron chi connectivity index (χ1n) is 9.62. The minimum atomic E-state index is -3.07. The number of rotatable bonds is 8. The van der Waals surface area contributed by atoms with E-state index < -0.39 is 23.3 Å². The van der Waals surface area contributed by atoms with Crippen molar-refractivity contribution >= 4 is 11.7 Å². The molecule has 1 atom stereocenters. The summed E-state index contributed by atoms with van der Waals surface area (Å²) in [4.78, 5) is 23.5. The summed E-state index contributed by atoms with van der Waals surface area (Å²) in [6, 6.07) is 3.88. The molecule has 0 spiro atoms. The zero-order chi connectivity index (χ0) is 22.6. The molecule has 1 amide bonds. The topological polar surface area (TPSA) is 88.8 Å². The van der Waals surface area contributed by atoms with Crippen LogP contribution in [-0.4, -0.2) is 54.9 Å². The molecule has 3 aromatic rings. The lowest BCUT2D eigenvalue weighted by Gasteiger charge is -2.29. The molecule has 0 unspecified atom stereocenters. The highest BCUT2D eigenvalue weighted by molar-refractivity contribution is 5.98. The number of hydrogen-bond donors (Lipinski definition) is 1. The molecule has 31 heavy (non-hydrogen) atoms. The predicted octanol–water partition coefficient (Wildman–Crippen LogP) is 3.27. The minimum Gasteiger partial charge on any atom is -0.367 e. The second-order valence-corrected chi connectivity index (χ2v) is 6.95. The molecule has 0 aliphatic carbocycles. The number of carbonyl (C=O) groups excluding carboxylic acids is 1. The Morgan fingerprint density at radius 2 is 1.94 bits per heavy atom. The average molecular weight is 433 g/mol. The number of likely N-dealkylation sites (N-methyl/N-ethyl adjacent to an activating group) is 1. The van der Waals surface area contributed by atoms with E-state index in [2.05, 4.69) is 25.5 Å². The molecule has 11 heteroatoms. The van der Waals surface area contributed by atoms with Gasteiger partial charge in [-0.05, 0) is 26.0 Å². The molecule has 0 aliphatic rings. The molecule has 0 fully saturated rings. The van der Waals surface area contributed by atoms with E-state index in [0.717, 1.165) is 17.9 Å². The standard InChI is InChI=1S/C20H22F3N7O/c1-4-29(13(2)10-25-17-12-24-16(11-26-17)20(3,22)23)19(31)14-6-5-7-15(21)18(14)30-27-8-9-28-30/h5-9,11-13H,4,10H2,1-3H3,(H,25,26)/t13-/m0/s1. The number of anilines is 1. The maximum Gasteiger partial charge on any atom is 0.288 e. The molecule has 0 bridgehead atoms. The van der Waals surface area contributed by atoms with Crippen molar-refractivity contribution < 1.29 is 18.0 Å². The number of nitrogens with zero attached hydrogens (tertiary/aromatic N) is 6. The van der Waals surface area contributed by atoms with Crippen LogP contribution in [0.3, 0.4) is 0 Å². The first-order valence-corrected chi connectivity index (χ1v) is 9.62. The molecule has 164 valence electrons. The van der Waals surface area contributed by atoms with Gasteiger partial charge in [-0.1, -0.05) is 6.07 Å². The van der Waals surface area contributed by atoms with Crippen LogP contribution >= 0.6 is 0 Å². The minimum absolute atomic E-state index is 0.0296. The van der Waals surface area contributed by atoms with E-state index in [1.165, 1.54) is 36.8 Å². The molecule has 2 aromatic heterocycles. The number of benzene rings is 1. The highest BCUT2D eigenvalue weighted by Gasteiger charge is 2.27. The van der Waals surface area contributed by atoms with Gasteiger partial charge in [0.05, 0.1) is 30.4 Å². The molecule has 8 nitrogen and oxygen atoms in total. The molecular formula is C20H22F3N7O. The summed E-state index contributed by atoms with van der Waals surface area (Å²) < 4.78 is 41.0. The maximum absolute atomic E-state index is 14.5. The summed E-state index contributed by atoms with van der Waals surface area (Å²) in [5, 5.41) is 10.9. The van der Waals surface area contributed by atoms with Crippen LogP contribution in [0.1, 0.15) is 36.8 Å². The van der Waals surface area contributed by atoms with Crippen LogP contribution in [0.4, 0.5) is 19.0 Å². The number of alkyl halides is 2. The Hall–Kier alpha value is -3.50. The summed E-state index contributed by atoms with van der Waals surface area (Å²) in [5.41, 5.74) is -0.334. The van der Waals surface area contributed by atoms with Gasteiger partial charge in [-0.2, -0.15) is 19.0 Å². The molecule has 1 N–H and O–H groups in total. The third-order valence-corrected chi connectivity index (χ3v) is 4.65. The molecule has 3 rings (SSSR count).